The van der Waals surface area contributed by atoms with Crippen LogP contribution < -0.4 is 8.92 Å². The van der Waals surface area contributed by atoms with E-state index in [2.05, 4.69) is 17.1 Å². The molecule has 0 saturated heterocycles. The van der Waals surface area contributed by atoms with Crippen LogP contribution in [0.15, 0.2) is 22.6 Å². The first-order chi connectivity index (χ1) is 13.1. The largest absolute Gasteiger partial charge is 0.484 e. The van der Waals surface area contributed by atoms with Crippen LogP contribution >= 0.6 is 12.0 Å². The summed E-state index contributed by atoms with van der Waals surface area (Å²) >= 11 is 1.25. The third-order valence-corrected chi connectivity index (χ3v) is 4.71. The topological polar surface area (TPSA) is 83.7 Å². The predicted octanol–water partition coefficient (Wildman–Crippen LogP) is 4.59. The molecule has 1 aliphatic rings. The lowest BCUT2D eigenvalue weighted by Crippen LogP contribution is -2.00. The molecule has 0 bridgehead atoms. The van der Waals surface area contributed by atoms with E-state index in [4.69, 9.17) is 18.1 Å². The van der Waals surface area contributed by atoms with Gasteiger partial charge in [-0.25, -0.2) is 0 Å². The minimum atomic E-state index is -0.540. The fourth-order valence-corrected chi connectivity index (χ4v) is 3.18. The van der Waals surface area contributed by atoms with Crippen LogP contribution in [-0.4, -0.2) is 21.7 Å². The Labute approximate surface area is 163 Å². The molecule has 0 amide bonds. The van der Waals surface area contributed by atoms with Crippen molar-refractivity contribution >= 4 is 18.3 Å². The van der Waals surface area contributed by atoms with Crippen molar-refractivity contribution < 1.29 is 22.9 Å². The summed E-state index contributed by atoms with van der Waals surface area (Å²) in [6.45, 7) is 6.26. The summed E-state index contributed by atoms with van der Waals surface area (Å²) < 4.78 is 22.3. The highest BCUT2D eigenvalue weighted by Gasteiger charge is 2.31. The molecular formula is C19H24N2O5S. The number of hydrogen-bond acceptors (Lipinski definition) is 8. The van der Waals surface area contributed by atoms with Gasteiger partial charge in [0.2, 0.25) is 0 Å². The smallest absolute Gasteiger partial charge is 0.427 e. The van der Waals surface area contributed by atoms with Gasteiger partial charge < -0.3 is 22.9 Å². The van der Waals surface area contributed by atoms with Crippen LogP contribution in [-0.2, 0) is 16.1 Å². The molecule has 0 radical (unpaired) electrons. The van der Waals surface area contributed by atoms with Gasteiger partial charge in [-0.05, 0) is 29.7 Å². The van der Waals surface area contributed by atoms with Gasteiger partial charge in [0.15, 0.2) is 12.9 Å². The number of carbonyl (C=O) groups is 1. The van der Waals surface area contributed by atoms with Crippen molar-refractivity contribution in [2.75, 3.05) is 0 Å². The summed E-state index contributed by atoms with van der Waals surface area (Å²) in [5.74, 6) is 0.941. The van der Waals surface area contributed by atoms with Gasteiger partial charge in [-0.2, -0.15) is 0 Å². The van der Waals surface area contributed by atoms with Gasteiger partial charge in [-0.3, -0.25) is 0 Å². The summed E-state index contributed by atoms with van der Waals surface area (Å²) in [5, 5.41) is 8.00. The van der Waals surface area contributed by atoms with Crippen molar-refractivity contribution in [2.45, 2.75) is 64.1 Å². The Morgan fingerprint density at radius 2 is 2.15 bits per heavy atom. The van der Waals surface area contributed by atoms with Crippen molar-refractivity contribution in [2.24, 2.45) is 0 Å². The molecular weight excluding hydrogens is 368 g/mol. The maximum atomic E-state index is 11.4. The zero-order valence-corrected chi connectivity index (χ0v) is 16.5. The summed E-state index contributed by atoms with van der Waals surface area (Å²) in [5.41, 5.74) is 1.93. The minimum absolute atomic E-state index is 0.0293. The molecule has 3 rings (SSSR count). The summed E-state index contributed by atoms with van der Waals surface area (Å²) in [6.07, 6.45) is 3.43. The zero-order chi connectivity index (χ0) is 19.2. The first-order valence-corrected chi connectivity index (χ1v) is 9.94. The van der Waals surface area contributed by atoms with E-state index in [0.717, 1.165) is 36.7 Å². The van der Waals surface area contributed by atoms with E-state index in [1.165, 1.54) is 12.0 Å². The second-order valence-corrected chi connectivity index (χ2v) is 7.89. The Hall–Kier alpha value is -2.06. The SMILES string of the molecule is CCCCC1OC(C=O)c2cc(OCc3nnc(OSC(C)C)o3)ccc21. The molecule has 0 fully saturated rings. The number of benzene rings is 1. The van der Waals surface area contributed by atoms with E-state index in [1.54, 1.807) is 0 Å². The Bertz CT molecular complexity index is 764. The van der Waals surface area contributed by atoms with Gasteiger partial charge in [0.1, 0.15) is 11.9 Å². The first kappa shape index (κ1) is 19.7. The average Bonchev–Trinajstić information content (AvgIpc) is 3.27. The maximum Gasteiger partial charge on any atom is 0.427 e. The molecule has 0 N–H and O–H groups in total. The van der Waals surface area contributed by atoms with Crippen LogP contribution in [0, 0.1) is 0 Å². The highest BCUT2D eigenvalue weighted by atomic mass is 32.2. The second kappa shape index (κ2) is 9.23. The minimum Gasteiger partial charge on any atom is -0.484 e. The highest BCUT2D eigenvalue weighted by molar-refractivity contribution is 7.95. The van der Waals surface area contributed by atoms with Crippen molar-refractivity contribution in [3.05, 3.63) is 35.2 Å². The monoisotopic (exact) mass is 392 g/mol. The lowest BCUT2D eigenvalue weighted by Gasteiger charge is -2.11. The van der Waals surface area contributed by atoms with Crippen molar-refractivity contribution in [3.63, 3.8) is 0 Å². The summed E-state index contributed by atoms with van der Waals surface area (Å²) in [4.78, 5) is 11.4. The number of fused-ring (bicyclic) bond motifs is 1. The third kappa shape index (κ3) is 5.01. The molecule has 2 atom stereocenters. The molecule has 1 aromatic carbocycles. The van der Waals surface area contributed by atoms with Crippen LogP contribution in [0.1, 0.15) is 69.3 Å². The average molecular weight is 392 g/mol. The standard InChI is InChI=1S/C19H24N2O5S/c1-4-5-6-16-14-8-7-13(9-15(14)17(10-22)24-16)23-11-18-20-21-19(25-18)26-27-12(2)3/h7-10,12,16-17H,4-6,11H2,1-3H3. The highest BCUT2D eigenvalue weighted by Crippen LogP contribution is 2.42. The number of carbonyl (C=O) groups excluding carboxylic acids is 1. The Morgan fingerprint density at radius 1 is 1.30 bits per heavy atom. The number of hydrogen-bond donors (Lipinski definition) is 0. The van der Waals surface area contributed by atoms with E-state index in [1.807, 2.05) is 32.0 Å². The third-order valence-electron chi connectivity index (χ3n) is 4.09. The molecule has 146 valence electrons. The van der Waals surface area contributed by atoms with Gasteiger partial charge in [0, 0.05) is 5.25 Å². The van der Waals surface area contributed by atoms with Gasteiger partial charge in [0.25, 0.3) is 5.89 Å². The van der Waals surface area contributed by atoms with Crippen molar-refractivity contribution in [3.8, 4) is 11.8 Å². The molecule has 0 spiro atoms. The van der Waals surface area contributed by atoms with Gasteiger partial charge in [-0.1, -0.05) is 44.8 Å². The van der Waals surface area contributed by atoms with Crippen molar-refractivity contribution in [1.82, 2.24) is 10.2 Å². The second-order valence-electron chi connectivity index (χ2n) is 6.59. The molecule has 8 heteroatoms. The number of aromatic nitrogens is 2. The fraction of sp³-hybridized carbons (Fsp3) is 0.526. The van der Waals surface area contributed by atoms with Crippen LogP contribution in [0.2, 0.25) is 0 Å². The number of unbranched alkanes of at least 4 members (excludes halogenated alkanes) is 1. The Balaban J connectivity index is 1.62. The first-order valence-electron chi connectivity index (χ1n) is 9.13. The molecule has 2 unspecified atom stereocenters. The van der Waals surface area contributed by atoms with Crippen LogP contribution in [0.25, 0.3) is 0 Å². The fourth-order valence-electron chi connectivity index (χ4n) is 2.84. The zero-order valence-electron chi connectivity index (χ0n) is 15.7. The molecule has 2 heterocycles. The van der Waals surface area contributed by atoms with E-state index in [0.29, 0.717) is 11.6 Å². The normalized spacial score (nSPS) is 18.5. The van der Waals surface area contributed by atoms with E-state index >= 15 is 0 Å². The molecule has 7 nitrogen and oxygen atoms in total. The molecule has 0 saturated carbocycles. The van der Waals surface area contributed by atoms with Crippen LogP contribution in [0.5, 0.6) is 11.8 Å². The Kier molecular flexibility index (Phi) is 6.73. The number of rotatable bonds is 10. The predicted molar refractivity (Wildman–Crippen MR) is 101 cm³/mol. The molecule has 2 aromatic rings. The Morgan fingerprint density at radius 3 is 2.89 bits per heavy atom. The van der Waals surface area contributed by atoms with Gasteiger partial charge in [-0.15, -0.1) is 5.10 Å². The molecule has 0 aliphatic carbocycles. The van der Waals surface area contributed by atoms with E-state index in [9.17, 15) is 4.79 Å². The maximum absolute atomic E-state index is 11.4. The summed E-state index contributed by atoms with van der Waals surface area (Å²) in [7, 11) is 0. The molecule has 27 heavy (non-hydrogen) atoms. The van der Waals surface area contributed by atoms with Gasteiger partial charge in [0.05, 0.1) is 18.1 Å². The lowest BCUT2D eigenvalue weighted by molar-refractivity contribution is -0.120. The van der Waals surface area contributed by atoms with Crippen LogP contribution in [0.3, 0.4) is 0 Å². The van der Waals surface area contributed by atoms with Crippen molar-refractivity contribution in [1.29, 1.82) is 0 Å². The lowest BCUT2D eigenvalue weighted by atomic mass is 9.99. The molecule has 1 aliphatic heterocycles. The van der Waals surface area contributed by atoms with E-state index < -0.39 is 6.10 Å². The van der Waals surface area contributed by atoms with Gasteiger partial charge >= 0.3 is 6.08 Å². The quantitative estimate of drug-likeness (QED) is 0.429. The summed E-state index contributed by atoms with van der Waals surface area (Å²) in [6, 6.07) is 5.69. The number of aldehydes is 1. The van der Waals surface area contributed by atoms with Crippen LogP contribution in [0.4, 0.5) is 0 Å². The number of nitrogens with zero attached hydrogens (tertiary/aromatic N) is 2. The molecule has 1 aromatic heterocycles. The number of ether oxygens (including phenoxy) is 2. The van der Waals surface area contributed by atoms with E-state index in [-0.39, 0.29) is 24.0 Å².